The summed E-state index contributed by atoms with van der Waals surface area (Å²) in [6.45, 7) is 1.42. The first-order valence-electron chi connectivity index (χ1n) is 5.96. The Morgan fingerprint density at radius 3 is 2.14 bits per heavy atom. The van der Waals surface area contributed by atoms with Crippen LogP contribution in [0.1, 0.15) is 17.3 Å². The number of hydrogen-bond donors (Lipinski definition) is 2. The predicted molar refractivity (Wildman–Crippen MR) is 83.0 cm³/mol. The van der Waals surface area contributed by atoms with Crippen molar-refractivity contribution in [2.45, 2.75) is 6.92 Å². The minimum absolute atomic E-state index is 0.146. The van der Waals surface area contributed by atoms with Crippen molar-refractivity contribution >= 4 is 46.4 Å². The highest BCUT2D eigenvalue weighted by Crippen LogP contribution is 2.20. The number of benzene rings is 1. The van der Waals surface area contributed by atoms with Gasteiger partial charge in [-0.2, -0.15) is 0 Å². The number of anilines is 2. The molecular formula is C14H11Cl2N3O2. The minimum Gasteiger partial charge on any atom is -0.326 e. The Morgan fingerprint density at radius 1 is 1.05 bits per heavy atom. The van der Waals surface area contributed by atoms with Crippen LogP contribution in [0.3, 0.4) is 0 Å². The number of halogens is 2. The minimum atomic E-state index is -0.353. The maximum atomic E-state index is 12.0. The van der Waals surface area contributed by atoms with E-state index in [0.29, 0.717) is 16.9 Å². The molecule has 0 bridgehead atoms. The third kappa shape index (κ3) is 4.18. The van der Waals surface area contributed by atoms with Crippen molar-refractivity contribution < 1.29 is 9.59 Å². The van der Waals surface area contributed by atoms with Crippen LogP contribution in [0.25, 0.3) is 0 Å². The van der Waals surface area contributed by atoms with E-state index in [1.165, 1.54) is 19.2 Å². The molecule has 5 nitrogen and oxygen atoms in total. The van der Waals surface area contributed by atoms with Gasteiger partial charge in [0.05, 0.1) is 10.6 Å². The zero-order valence-electron chi connectivity index (χ0n) is 11.0. The molecule has 0 saturated heterocycles. The van der Waals surface area contributed by atoms with Gasteiger partial charge in [-0.05, 0) is 30.3 Å². The second-order valence-electron chi connectivity index (χ2n) is 4.21. The third-order valence-corrected chi connectivity index (χ3v) is 3.21. The number of pyridine rings is 1. The SMILES string of the molecule is CC(=O)Nc1ccc(NC(=O)c2cnc(Cl)c(Cl)c2)cc1. The van der Waals surface area contributed by atoms with Crippen LogP contribution < -0.4 is 10.6 Å². The van der Waals surface area contributed by atoms with Crippen molar-refractivity contribution in [1.29, 1.82) is 0 Å². The van der Waals surface area contributed by atoms with Gasteiger partial charge in [-0.3, -0.25) is 9.59 Å². The summed E-state index contributed by atoms with van der Waals surface area (Å²) >= 11 is 11.5. The summed E-state index contributed by atoms with van der Waals surface area (Å²) in [5.41, 5.74) is 1.53. The molecule has 0 spiro atoms. The molecule has 0 fully saturated rings. The van der Waals surface area contributed by atoms with Gasteiger partial charge in [-0.1, -0.05) is 23.2 Å². The smallest absolute Gasteiger partial charge is 0.257 e. The number of hydrogen-bond acceptors (Lipinski definition) is 3. The molecule has 0 aliphatic rings. The number of carbonyl (C=O) groups is 2. The van der Waals surface area contributed by atoms with Crippen LogP contribution in [-0.4, -0.2) is 16.8 Å². The fraction of sp³-hybridized carbons (Fsp3) is 0.0714. The lowest BCUT2D eigenvalue weighted by atomic mass is 10.2. The molecule has 1 heterocycles. The van der Waals surface area contributed by atoms with Crippen LogP contribution in [-0.2, 0) is 4.79 Å². The summed E-state index contributed by atoms with van der Waals surface area (Å²) in [6.07, 6.45) is 1.34. The van der Waals surface area contributed by atoms with Crippen LogP contribution in [0.4, 0.5) is 11.4 Å². The monoisotopic (exact) mass is 323 g/mol. The molecule has 108 valence electrons. The first-order valence-corrected chi connectivity index (χ1v) is 6.71. The molecule has 1 aromatic heterocycles. The lowest BCUT2D eigenvalue weighted by Crippen LogP contribution is -2.12. The van der Waals surface area contributed by atoms with E-state index in [2.05, 4.69) is 15.6 Å². The summed E-state index contributed by atoms with van der Waals surface area (Å²) in [7, 11) is 0. The second kappa shape index (κ2) is 6.56. The van der Waals surface area contributed by atoms with Gasteiger partial charge in [0, 0.05) is 24.5 Å². The quantitative estimate of drug-likeness (QED) is 0.848. The Kier molecular flexibility index (Phi) is 4.77. The molecule has 7 heteroatoms. The standard InChI is InChI=1S/C14H11Cl2N3O2/c1-8(20)18-10-2-4-11(5-3-10)19-14(21)9-6-12(15)13(16)17-7-9/h2-7H,1H3,(H,18,20)(H,19,21). The van der Waals surface area contributed by atoms with Gasteiger partial charge >= 0.3 is 0 Å². The summed E-state index contributed by atoms with van der Waals surface area (Å²) < 4.78 is 0. The molecule has 0 aliphatic heterocycles. The molecule has 1 aromatic carbocycles. The zero-order valence-corrected chi connectivity index (χ0v) is 12.5. The van der Waals surface area contributed by atoms with Crippen molar-refractivity contribution in [2.75, 3.05) is 10.6 Å². The lowest BCUT2D eigenvalue weighted by molar-refractivity contribution is -0.114. The van der Waals surface area contributed by atoms with E-state index >= 15 is 0 Å². The first-order chi connectivity index (χ1) is 9.95. The Bertz CT molecular complexity index is 687. The van der Waals surface area contributed by atoms with Gasteiger partial charge in [-0.25, -0.2) is 4.98 Å². The molecular weight excluding hydrogens is 313 g/mol. The molecule has 2 aromatic rings. The molecule has 2 rings (SSSR count). The fourth-order valence-electron chi connectivity index (χ4n) is 1.59. The molecule has 2 N–H and O–H groups in total. The lowest BCUT2D eigenvalue weighted by Gasteiger charge is -2.07. The fourth-order valence-corrected chi connectivity index (χ4v) is 1.86. The Labute approximate surface area is 131 Å². The van der Waals surface area contributed by atoms with E-state index < -0.39 is 0 Å². The van der Waals surface area contributed by atoms with E-state index in [9.17, 15) is 9.59 Å². The highest BCUT2D eigenvalue weighted by molar-refractivity contribution is 6.41. The van der Waals surface area contributed by atoms with Crippen molar-refractivity contribution in [2.24, 2.45) is 0 Å². The van der Waals surface area contributed by atoms with Crippen LogP contribution in [0, 0.1) is 0 Å². The van der Waals surface area contributed by atoms with Crippen molar-refractivity contribution in [1.82, 2.24) is 4.98 Å². The van der Waals surface area contributed by atoms with Gasteiger partial charge in [0.2, 0.25) is 5.91 Å². The maximum absolute atomic E-state index is 12.0. The van der Waals surface area contributed by atoms with Crippen molar-refractivity contribution in [3.8, 4) is 0 Å². The molecule has 0 saturated carbocycles. The van der Waals surface area contributed by atoms with Crippen molar-refractivity contribution in [3.05, 3.63) is 52.3 Å². The van der Waals surface area contributed by atoms with Crippen LogP contribution in [0.15, 0.2) is 36.5 Å². The van der Waals surface area contributed by atoms with E-state index in [4.69, 9.17) is 23.2 Å². The Balaban J connectivity index is 2.08. The number of rotatable bonds is 3. The Morgan fingerprint density at radius 2 is 1.62 bits per heavy atom. The third-order valence-electron chi connectivity index (χ3n) is 2.52. The summed E-state index contributed by atoms with van der Waals surface area (Å²) in [5.74, 6) is -0.512. The molecule has 0 unspecified atom stereocenters. The predicted octanol–water partition coefficient (Wildman–Crippen LogP) is 3.60. The van der Waals surface area contributed by atoms with E-state index in [1.807, 2.05) is 0 Å². The van der Waals surface area contributed by atoms with Gasteiger partial charge in [0.15, 0.2) is 0 Å². The van der Waals surface area contributed by atoms with Gasteiger partial charge in [0.25, 0.3) is 5.91 Å². The normalized spacial score (nSPS) is 10.0. The van der Waals surface area contributed by atoms with Crippen molar-refractivity contribution in [3.63, 3.8) is 0 Å². The number of nitrogens with one attached hydrogen (secondary N) is 2. The van der Waals surface area contributed by atoms with Gasteiger partial charge in [-0.15, -0.1) is 0 Å². The topological polar surface area (TPSA) is 71.1 Å². The number of nitrogens with zero attached hydrogens (tertiary/aromatic N) is 1. The number of carbonyl (C=O) groups excluding carboxylic acids is 2. The van der Waals surface area contributed by atoms with E-state index in [0.717, 1.165) is 0 Å². The summed E-state index contributed by atoms with van der Waals surface area (Å²) in [6, 6.07) is 8.16. The number of amides is 2. The molecule has 2 amide bonds. The molecule has 0 atom stereocenters. The largest absolute Gasteiger partial charge is 0.326 e. The van der Waals surface area contributed by atoms with E-state index in [-0.39, 0.29) is 22.0 Å². The molecule has 21 heavy (non-hydrogen) atoms. The number of aromatic nitrogens is 1. The maximum Gasteiger partial charge on any atom is 0.257 e. The highest BCUT2D eigenvalue weighted by atomic mass is 35.5. The average Bonchev–Trinajstić information content (AvgIpc) is 2.43. The van der Waals surface area contributed by atoms with Crippen LogP contribution >= 0.6 is 23.2 Å². The average molecular weight is 324 g/mol. The summed E-state index contributed by atoms with van der Waals surface area (Å²) in [5, 5.41) is 5.69. The summed E-state index contributed by atoms with van der Waals surface area (Å²) in [4.78, 5) is 26.7. The van der Waals surface area contributed by atoms with Crippen LogP contribution in [0.5, 0.6) is 0 Å². The molecule has 0 aliphatic carbocycles. The Hall–Kier alpha value is -2.11. The van der Waals surface area contributed by atoms with Crippen LogP contribution in [0.2, 0.25) is 10.2 Å². The zero-order chi connectivity index (χ0) is 15.4. The molecule has 0 radical (unpaired) electrons. The van der Waals surface area contributed by atoms with Gasteiger partial charge in [0.1, 0.15) is 5.15 Å². The van der Waals surface area contributed by atoms with E-state index in [1.54, 1.807) is 24.3 Å². The van der Waals surface area contributed by atoms with Gasteiger partial charge < -0.3 is 10.6 Å². The first kappa shape index (κ1) is 15.3. The second-order valence-corrected chi connectivity index (χ2v) is 4.97. The highest BCUT2D eigenvalue weighted by Gasteiger charge is 2.09.